The summed E-state index contributed by atoms with van der Waals surface area (Å²) in [5.41, 5.74) is 4.97. The molecule has 1 heterocycles. The number of aliphatic imine (C=N–C) groups is 1. The molecule has 0 saturated carbocycles. The second-order valence-corrected chi connectivity index (χ2v) is 11.9. The molecule has 4 aromatic rings. The summed E-state index contributed by atoms with van der Waals surface area (Å²) in [5, 5.41) is 1.59. The Morgan fingerprint density at radius 1 is 0.977 bits per heavy atom. The molecule has 44 heavy (non-hydrogen) atoms. The van der Waals surface area contributed by atoms with E-state index in [9.17, 15) is 9.18 Å². The highest BCUT2D eigenvalue weighted by Crippen LogP contribution is 2.41. The van der Waals surface area contributed by atoms with E-state index < -0.39 is 0 Å². The molecule has 9 heteroatoms. The molecule has 224 valence electrons. The first-order valence-electron chi connectivity index (χ1n) is 13.7. The molecule has 0 unspecified atom stereocenters. The number of nitrogens with zero attached hydrogens (tertiary/aromatic N) is 2. The minimum absolute atomic E-state index is 0.0267. The standard InChI is InChI=1S/C35H29Cl2FN2O3S/c1-5-8-24-15-23(16-31(42-4)33(24)43-20-25-9-6-7-10-30(25)38)17-32-34(41)40(27-14-12-22(3)29(37)19-27)35(44-32)39-26-13-11-21(2)28(36)18-26/h5-7,9-19H,1,8,20H2,2-4H3/b32-17+,39-35?. The molecule has 0 bridgehead atoms. The summed E-state index contributed by atoms with van der Waals surface area (Å²) < 4.78 is 26.0. The van der Waals surface area contributed by atoms with Gasteiger partial charge in [0.2, 0.25) is 0 Å². The maximum Gasteiger partial charge on any atom is 0.271 e. The van der Waals surface area contributed by atoms with Gasteiger partial charge in [-0.15, -0.1) is 6.58 Å². The topological polar surface area (TPSA) is 51.1 Å². The number of aryl methyl sites for hydroxylation is 2. The molecule has 1 amide bonds. The van der Waals surface area contributed by atoms with Crippen molar-refractivity contribution in [2.45, 2.75) is 26.9 Å². The largest absolute Gasteiger partial charge is 0.493 e. The van der Waals surface area contributed by atoms with Crippen LogP contribution in [0.4, 0.5) is 15.8 Å². The maximum atomic E-state index is 14.3. The molecule has 1 fully saturated rings. The summed E-state index contributed by atoms with van der Waals surface area (Å²) in [7, 11) is 1.54. The lowest BCUT2D eigenvalue weighted by Gasteiger charge is -2.17. The quantitative estimate of drug-likeness (QED) is 0.134. The van der Waals surface area contributed by atoms with Crippen molar-refractivity contribution < 1.29 is 18.7 Å². The number of amides is 1. The molecule has 4 aromatic carbocycles. The zero-order valence-electron chi connectivity index (χ0n) is 24.4. The zero-order valence-corrected chi connectivity index (χ0v) is 26.7. The molecule has 1 saturated heterocycles. The molecule has 0 atom stereocenters. The molecule has 5 rings (SSSR count). The smallest absolute Gasteiger partial charge is 0.271 e. The van der Waals surface area contributed by atoms with Crippen LogP contribution in [0.1, 0.15) is 27.8 Å². The lowest BCUT2D eigenvalue weighted by Crippen LogP contribution is -2.28. The molecular weight excluding hydrogens is 618 g/mol. The second kappa shape index (κ2) is 13.7. The van der Waals surface area contributed by atoms with Gasteiger partial charge >= 0.3 is 0 Å². The minimum Gasteiger partial charge on any atom is -0.493 e. The van der Waals surface area contributed by atoms with E-state index in [1.807, 2.05) is 44.2 Å². The van der Waals surface area contributed by atoms with Crippen LogP contribution >= 0.6 is 35.0 Å². The Morgan fingerprint density at radius 3 is 2.39 bits per heavy atom. The van der Waals surface area contributed by atoms with Gasteiger partial charge in [0.1, 0.15) is 12.4 Å². The summed E-state index contributed by atoms with van der Waals surface area (Å²) in [6.45, 7) is 7.72. The van der Waals surface area contributed by atoms with Gasteiger partial charge in [0.25, 0.3) is 5.91 Å². The van der Waals surface area contributed by atoms with Crippen LogP contribution in [-0.4, -0.2) is 18.2 Å². The summed E-state index contributed by atoms with van der Waals surface area (Å²) >= 11 is 14.1. The van der Waals surface area contributed by atoms with Gasteiger partial charge < -0.3 is 9.47 Å². The first kappa shape index (κ1) is 31.4. The highest BCUT2D eigenvalue weighted by molar-refractivity contribution is 8.19. The van der Waals surface area contributed by atoms with E-state index >= 15 is 0 Å². The fraction of sp³-hybridized carbons (Fsp3) is 0.143. The lowest BCUT2D eigenvalue weighted by atomic mass is 10.0. The van der Waals surface area contributed by atoms with Crippen LogP contribution in [0.3, 0.4) is 0 Å². The molecule has 1 aliphatic heterocycles. The zero-order chi connectivity index (χ0) is 31.4. The Bertz CT molecular complexity index is 1820. The van der Waals surface area contributed by atoms with Crippen LogP contribution in [0.15, 0.2) is 95.3 Å². The highest BCUT2D eigenvalue weighted by Gasteiger charge is 2.35. The van der Waals surface area contributed by atoms with Crippen LogP contribution < -0.4 is 14.4 Å². The van der Waals surface area contributed by atoms with Crippen LogP contribution in [-0.2, 0) is 17.8 Å². The first-order chi connectivity index (χ1) is 21.2. The summed E-state index contributed by atoms with van der Waals surface area (Å²) in [6, 6.07) is 21.1. The molecule has 5 nitrogen and oxygen atoms in total. The fourth-order valence-corrected chi connectivity index (χ4v) is 5.92. The van der Waals surface area contributed by atoms with Gasteiger partial charge in [-0.25, -0.2) is 9.38 Å². The number of amidine groups is 1. The molecule has 0 radical (unpaired) electrons. The number of methoxy groups -OCH3 is 1. The number of hydrogen-bond acceptors (Lipinski definition) is 5. The molecule has 0 N–H and O–H groups in total. The van der Waals surface area contributed by atoms with E-state index in [1.54, 1.807) is 53.5 Å². The number of benzene rings is 4. The van der Waals surface area contributed by atoms with Crippen molar-refractivity contribution in [1.82, 2.24) is 0 Å². The Kier molecular flexibility index (Phi) is 9.79. The fourth-order valence-electron chi connectivity index (χ4n) is 4.57. The molecule has 1 aliphatic rings. The van der Waals surface area contributed by atoms with Gasteiger partial charge in [0.05, 0.1) is 23.4 Å². The van der Waals surface area contributed by atoms with Gasteiger partial charge in [0.15, 0.2) is 16.7 Å². The van der Waals surface area contributed by atoms with Crippen molar-refractivity contribution in [3.63, 3.8) is 0 Å². The number of anilines is 1. The second-order valence-electron chi connectivity index (χ2n) is 10.1. The van der Waals surface area contributed by atoms with E-state index in [1.165, 1.54) is 24.9 Å². The number of carbonyl (C=O) groups excluding carboxylic acids is 1. The number of ether oxygens (including phenoxy) is 2. The normalized spacial score (nSPS) is 14.9. The average Bonchev–Trinajstić information content (AvgIpc) is 3.30. The number of thioether (sulfide) groups is 1. The van der Waals surface area contributed by atoms with Crippen molar-refractivity contribution in [1.29, 1.82) is 0 Å². The van der Waals surface area contributed by atoms with E-state index in [2.05, 4.69) is 6.58 Å². The van der Waals surface area contributed by atoms with Crippen molar-refractivity contribution >= 4 is 63.5 Å². The van der Waals surface area contributed by atoms with Crippen LogP contribution in [0.2, 0.25) is 10.0 Å². The van der Waals surface area contributed by atoms with Gasteiger partial charge in [-0.2, -0.15) is 0 Å². The Morgan fingerprint density at radius 2 is 1.70 bits per heavy atom. The summed E-state index contributed by atoms with van der Waals surface area (Å²) in [4.78, 5) is 20.7. The van der Waals surface area contributed by atoms with Crippen molar-refractivity contribution in [3.05, 3.63) is 134 Å². The van der Waals surface area contributed by atoms with Crippen molar-refractivity contribution in [3.8, 4) is 11.5 Å². The number of rotatable bonds is 9. The van der Waals surface area contributed by atoms with Crippen LogP contribution in [0.25, 0.3) is 6.08 Å². The van der Waals surface area contributed by atoms with E-state index in [4.69, 9.17) is 37.7 Å². The van der Waals surface area contributed by atoms with E-state index in [0.29, 0.717) is 60.5 Å². The van der Waals surface area contributed by atoms with Crippen molar-refractivity contribution in [2.75, 3.05) is 12.0 Å². The number of halogens is 3. The Hall–Kier alpha value is -4.04. The van der Waals surface area contributed by atoms with Crippen LogP contribution in [0.5, 0.6) is 11.5 Å². The lowest BCUT2D eigenvalue weighted by molar-refractivity contribution is -0.113. The van der Waals surface area contributed by atoms with Crippen LogP contribution in [0, 0.1) is 19.7 Å². The predicted octanol–water partition coefficient (Wildman–Crippen LogP) is 9.87. The average molecular weight is 648 g/mol. The number of carbonyl (C=O) groups is 1. The first-order valence-corrected chi connectivity index (χ1v) is 15.3. The van der Waals surface area contributed by atoms with E-state index in [0.717, 1.165) is 16.7 Å². The van der Waals surface area contributed by atoms with Crippen molar-refractivity contribution in [2.24, 2.45) is 4.99 Å². The number of hydrogen-bond donors (Lipinski definition) is 0. The number of allylic oxidation sites excluding steroid dienone is 1. The minimum atomic E-state index is -0.348. The van der Waals surface area contributed by atoms with Gasteiger partial charge in [-0.05, 0) is 97.3 Å². The molecule has 0 aromatic heterocycles. The van der Waals surface area contributed by atoms with Gasteiger partial charge in [-0.3, -0.25) is 9.69 Å². The third-order valence-corrected chi connectivity index (χ3v) is 8.75. The summed E-state index contributed by atoms with van der Waals surface area (Å²) in [6.07, 6.45) is 4.00. The Labute approximate surface area is 270 Å². The monoisotopic (exact) mass is 646 g/mol. The highest BCUT2D eigenvalue weighted by atomic mass is 35.5. The predicted molar refractivity (Wildman–Crippen MR) is 180 cm³/mol. The molecule has 0 aliphatic carbocycles. The third-order valence-electron chi connectivity index (χ3n) is 6.97. The molecular formula is C35H29Cl2FN2O3S. The van der Waals surface area contributed by atoms with E-state index in [-0.39, 0.29) is 18.3 Å². The summed E-state index contributed by atoms with van der Waals surface area (Å²) in [5.74, 6) is 0.335. The molecule has 0 spiro atoms. The SMILES string of the molecule is C=CCc1cc(/C=C2/SC(=Nc3ccc(C)c(Cl)c3)N(c3ccc(C)c(Cl)c3)C2=O)cc(OC)c1OCc1ccccc1F. The van der Waals surface area contributed by atoms with Gasteiger partial charge in [0, 0.05) is 21.2 Å². The van der Waals surface area contributed by atoms with Gasteiger partial charge in [-0.1, -0.05) is 59.6 Å². The Balaban J connectivity index is 1.54. The maximum absolute atomic E-state index is 14.3. The third kappa shape index (κ3) is 6.86.